The van der Waals surface area contributed by atoms with Crippen LogP contribution in [-0.4, -0.2) is 24.7 Å². The molecule has 1 unspecified atom stereocenters. The molecule has 3 aromatic heterocycles. The van der Waals surface area contributed by atoms with Crippen molar-refractivity contribution >= 4 is 5.69 Å². The summed E-state index contributed by atoms with van der Waals surface area (Å²) in [6.45, 7) is 2.08. The van der Waals surface area contributed by atoms with Crippen molar-refractivity contribution < 1.29 is 0 Å². The smallest absolute Gasteiger partial charge is 0.178 e. The van der Waals surface area contributed by atoms with Crippen LogP contribution in [-0.2, 0) is 0 Å². The first-order chi connectivity index (χ1) is 9.84. The average molecular weight is 266 g/mol. The minimum absolute atomic E-state index is 0.121. The Balaban J connectivity index is 1.88. The molecular weight excluding hydrogens is 252 g/mol. The van der Waals surface area contributed by atoms with Crippen molar-refractivity contribution in [2.75, 3.05) is 5.32 Å². The monoisotopic (exact) mass is 266 g/mol. The Kier molecular flexibility index (Phi) is 3.36. The Morgan fingerprint density at radius 1 is 1.15 bits per heavy atom. The fourth-order valence-electron chi connectivity index (χ4n) is 1.96. The molecule has 0 bridgehead atoms. The zero-order valence-corrected chi connectivity index (χ0v) is 11.0. The molecule has 6 nitrogen and oxygen atoms in total. The van der Waals surface area contributed by atoms with Gasteiger partial charge in [-0.25, -0.2) is 14.6 Å². The van der Waals surface area contributed by atoms with Crippen molar-refractivity contribution in [1.82, 2.24) is 24.7 Å². The van der Waals surface area contributed by atoms with Gasteiger partial charge in [-0.1, -0.05) is 6.07 Å². The first kappa shape index (κ1) is 12.3. The number of hydrogen-bond acceptors (Lipinski definition) is 5. The van der Waals surface area contributed by atoms with E-state index in [-0.39, 0.29) is 6.04 Å². The fourth-order valence-corrected chi connectivity index (χ4v) is 1.96. The molecule has 0 saturated heterocycles. The van der Waals surface area contributed by atoms with Gasteiger partial charge in [-0.05, 0) is 30.7 Å². The van der Waals surface area contributed by atoms with E-state index in [0.717, 1.165) is 17.1 Å². The Morgan fingerprint density at radius 3 is 2.80 bits per heavy atom. The van der Waals surface area contributed by atoms with Gasteiger partial charge in [0.2, 0.25) is 0 Å². The van der Waals surface area contributed by atoms with Gasteiger partial charge in [0.05, 0.1) is 11.7 Å². The number of anilines is 1. The van der Waals surface area contributed by atoms with Crippen LogP contribution in [0.5, 0.6) is 0 Å². The Hall–Kier alpha value is -2.76. The van der Waals surface area contributed by atoms with E-state index in [9.17, 15) is 0 Å². The summed E-state index contributed by atoms with van der Waals surface area (Å²) in [6, 6.07) is 7.94. The zero-order valence-electron chi connectivity index (χ0n) is 11.0. The molecule has 0 aliphatic rings. The van der Waals surface area contributed by atoms with Crippen LogP contribution in [0.1, 0.15) is 18.5 Å². The molecule has 0 radical (unpaired) electrons. The van der Waals surface area contributed by atoms with Crippen LogP contribution in [0.15, 0.2) is 55.5 Å². The van der Waals surface area contributed by atoms with E-state index in [1.165, 1.54) is 6.33 Å². The lowest BCUT2D eigenvalue weighted by Crippen LogP contribution is -2.10. The first-order valence-electron chi connectivity index (χ1n) is 6.31. The normalized spacial score (nSPS) is 12.1. The van der Waals surface area contributed by atoms with Crippen LogP contribution in [0.25, 0.3) is 5.82 Å². The number of rotatable bonds is 4. The highest BCUT2D eigenvalue weighted by atomic mass is 15.3. The topological polar surface area (TPSA) is 68.5 Å². The number of pyridine rings is 2. The maximum Gasteiger partial charge on any atom is 0.178 e. The third kappa shape index (κ3) is 2.49. The average Bonchev–Trinajstić information content (AvgIpc) is 3.03. The summed E-state index contributed by atoms with van der Waals surface area (Å²) >= 11 is 0. The van der Waals surface area contributed by atoms with Gasteiger partial charge in [-0.3, -0.25) is 4.98 Å². The van der Waals surface area contributed by atoms with Gasteiger partial charge in [0, 0.05) is 18.6 Å². The molecule has 1 atom stereocenters. The van der Waals surface area contributed by atoms with Crippen molar-refractivity contribution in [3.8, 4) is 5.82 Å². The molecule has 0 spiro atoms. The van der Waals surface area contributed by atoms with Gasteiger partial charge in [0.1, 0.15) is 12.7 Å². The van der Waals surface area contributed by atoms with Gasteiger partial charge in [-0.15, -0.1) is 0 Å². The van der Waals surface area contributed by atoms with E-state index in [4.69, 9.17) is 0 Å². The van der Waals surface area contributed by atoms with Crippen molar-refractivity contribution in [2.24, 2.45) is 0 Å². The van der Waals surface area contributed by atoms with Crippen LogP contribution >= 0.6 is 0 Å². The van der Waals surface area contributed by atoms with E-state index in [0.29, 0.717) is 0 Å². The van der Waals surface area contributed by atoms with Crippen molar-refractivity contribution in [1.29, 1.82) is 0 Å². The molecule has 3 aromatic rings. The molecule has 3 heterocycles. The van der Waals surface area contributed by atoms with Gasteiger partial charge in [0.15, 0.2) is 5.82 Å². The molecule has 1 N–H and O–H groups in total. The third-order valence-electron chi connectivity index (χ3n) is 2.98. The van der Waals surface area contributed by atoms with Gasteiger partial charge in [0.25, 0.3) is 0 Å². The largest absolute Gasteiger partial charge is 0.375 e. The maximum atomic E-state index is 4.35. The zero-order chi connectivity index (χ0) is 13.8. The molecular formula is C14H14N6. The summed E-state index contributed by atoms with van der Waals surface area (Å²) in [5.41, 5.74) is 2.01. The summed E-state index contributed by atoms with van der Waals surface area (Å²) in [4.78, 5) is 12.4. The van der Waals surface area contributed by atoms with Crippen LogP contribution in [0.2, 0.25) is 0 Å². The maximum absolute atomic E-state index is 4.35. The molecule has 20 heavy (non-hydrogen) atoms. The number of aromatic nitrogens is 5. The van der Waals surface area contributed by atoms with Gasteiger partial charge in [-0.2, -0.15) is 5.10 Å². The number of nitrogens with one attached hydrogen (secondary N) is 1. The Labute approximate surface area is 116 Å². The second kappa shape index (κ2) is 5.48. The van der Waals surface area contributed by atoms with Crippen LogP contribution in [0, 0.1) is 0 Å². The molecule has 0 aromatic carbocycles. The Morgan fingerprint density at radius 2 is 2.05 bits per heavy atom. The predicted molar refractivity (Wildman–Crippen MR) is 75.4 cm³/mol. The lowest BCUT2D eigenvalue weighted by molar-refractivity contribution is 0.826. The SMILES string of the molecule is CC(Nc1cccnc1-n1cncn1)c1cccnc1. The lowest BCUT2D eigenvalue weighted by Gasteiger charge is -2.17. The van der Waals surface area contributed by atoms with Crippen LogP contribution < -0.4 is 5.32 Å². The second-order valence-electron chi connectivity index (χ2n) is 4.37. The standard InChI is InChI=1S/C14H14N6/c1-11(12-4-2-6-15-8-12)19-13-5-3-7-17-14(13)20-10-16-9-18-20/h2-11,19H,1H3. The molecule has 0 aliphatic heterocycles. The molecule has 0 aliphatic carbocycles. The van der Waals surface area contributed by atoms with E-state index in [1.807, 2.05) is 30.5 Å². The fraction of sp³-hybridized carbons (Fsp3) is 0.143. The molecule has 0 fully saturated rings. The first-order valence-corrected chi connectivity index (χ1v) is 6.31. The van der Waals surface area contributed by atoms with Crippen molar-refractivity contribution in [3.05, 3.63) is 61.1 Å². The van der Waals surface area contributed by atoms with E-state index in [2.05, 4.69) is 32.3 Å². The highest BCUT2D eigenvalue weighted by Crippen LogP contribution is 2.22. The predicted octanol–water partition coefficient (Wildman–Crippen LogP) is 2.23. The summed E-state index contributed by atoms with van der Waals surface area (Å²) < 4.78 is 1.64. The van der Waals surface area contributed by atoms with Crippen LogP contribution in [0.4, 0.5) is 5.69 Å². The molecule has 0 amide bonds. The number of hydrogen-bond donors (Lipinski definition) is 1. The van der Waals surface area contributed by atoms with Crippen molar-refractivity contribution in [2.45, 2.75) is 13.0 Å². The lowest BCUT2D eigenvalue weighted by atomic mass is 10.1. The number of nitrogens with zero attached hydrogens (tertiary/aromatic N) is 5. The summed E-state index contributed by atoms with van der Waals surface area (Å²) in [6.07, 6.45) is 8.46. The summed E-state index contributed by atoms with van der Waals surface area (Å²) in [5.74, 6) is 0.723. The van der Waals surface area contributed by atoms with E-state index in [1.54, 1.807) is 23.4 Å². The van der Waals surface area contributed by atoms with E-state index < -0.39 is 0 Å². The van der Waals surface area contributed by atoms with Gasteiger partial charge < -0.3 is 5.32 Å². The Bertz CT molecular complexity index is 665. The summed E-state index contributed by atoms with van der Waals surface area (Å²) in [5, 5.41) is 7.54. The second-order valence-corrected chi connectivity index (χ2v) is 4.37. The molecule has 100 valence electrons. The quantitative estimate of drug-likeness (QED) is 0.784. The third-order valence-corrected chi connectivity index (χ3v) is 2.98. The minimum Gasteiger partial charge on any atom is -0.375 e. The van der Waals surface area contributed by atoms with Crippen LogP contribution in [0.3, 0.4) is 0 Å². The highest BCUT2D eigenvalue weighted by molar-refractivity contribution is 5.57. The molecule has 0 saturated carbocycles. The summed E-state index contributed by atoms with van der Waals surface area (Å²) in [7, 11) is 0. The van der Waals surface area contributed by atoms with Crippen molar-refractivity contribution in [3.63, 3.8) is 0 Å². The minimum atomic E-state index is 0.121. The van der Waals surface area contributed by atoms with Gasteiger partial charge >= 0.3 is 0 Å². The highest BCUT2D eigenvalue weighted by Gasteiger charge is 2.10. The molecule has 3 rings (SSSR count). The molecule has 6 heteroatoms. The van der Waals surface area contributed by atoms with E-state index >= 15 is 0 Å².